The average molecular weight is 113 g/mol. The van der Waals surface area contributed by atoms with Gasteiger partial charge in [0.2, 0.25) is 0 Å². The number of rotatable bonds is 2. The predicted molar refractivity (Wildman–Crippen MR) is 32.9 cm³/mol. The summed E-state index contributed by atoms with van der Waals surface area (Å²) in [4.78, 5) is 0. The van der Waals surface area contributed by atoms with Crippen LogP contribution in [0.2, 0.25) is 0 Å². The summed E-state index contributed by atoms with van der Waals surface area (Å²) in [5, 5.41) is 8.51. The van der Waals surface area contributed by atoms with Gasteiger partial charge in [-0.25, -0.2) is 4.48 Å². The Bertz CT molecular complexity index is 97.6. The first-order chi connectivity index (χ1) is 3.68. The second kappa shape index (κ2) is 2.68. The lowest BCUT2D eigenvalue weighted by molar-refractivity contribution is -0.841. The van der Waals surface area contributed by atoms with Crippen molar-refractivity contribution in [1.29, 1.82) is 5.26 Å². The van der Waals surface area contributed by atoms with Gasteiger partial charge in [-0.3, -0.25) is 0 Å². The molecule has 2 heteroatoms. The molecule has 0 aromatic heterocycles. The van der Waals surface area contributed by atoms with Crippen LogP contribution in [0.5, 0.6) is 0 Å². The lowest BCUT2D eigenvalue weighted by atomic mass is 10.5. The summed E-state index contributed by atoms with van der Waals surface area (Å²) >= 11 is 0. The third-order valence-electron chi connectivity index (χ3n) is 1.64. The van der Waals surface area contributed by atoms with Gasteiger partial charge in [-0.05, 0) is 13.8 Å². The van der Waals surface area contributed by atoms with Crippen molar-refractivity contribution in [1.82, 2.24) is 0 Å². The number of nitrogens with zero attached hydrogens (tertiary/aromatic N) is 2. The zero-order chi connectivity index (χ0) is 6.62. The predicted octanol–water partition coefficient (Wildman–Crippen LogP) is 0.954. The van der Waals surface area contributed by atoms with E-state index in [4.69, 9.17) is 5.26 Å². The molecule has 0 aromatic carbocycles. The van der Waals surface area contributed by atoms with Gasteiger partial charge in [0.15, 0.2) is 0 Å². The van der Waals surface area contributed by atoms with Gasteiger partial charge in [-0.2, -0.15) is 0 Å². The monoisotopic (exact) mass is 113 g/mol. The fourth-order valence-corrected chi connectivity index (χ4v) is 0.365. The highest BCUT2D eigenvalue weighted by Crippen LogP contribution is 1.95. The zero-order valence-electron chi connectivity index (χ0n) is 5.81. The van der Waals surface area contributed by atoms with Crippen LogP contribution in [0.4, 0.5) is 0 Å². The second-order valence-corrected chi connectivity index (χ2v) is 2.13. The number of hydrogen-bond acceptors (Lipinski definition) is 1. The molecule has 46 valence electrons. The maximum Gasteiger partial charge on any atom is 0.308 e. The maximum atomic E-state index is 8.51. The van der Waals surface area contributed by atoms with Crippen LogP contribution in [0.3, 0.4) is 0 Å². The molecule has 0 heterocycles. The van der Waals surface area contributed by atoms with E-state index in [2.05, 4.69) is 6.19 Å². The van der Waals surface area contributed by atoms with Crippen LogP contribution in [0.1, 0.15) is 13.8 Å². The lowest BCUT2D eigenvalue weighted by Crippen LogP contribution is -2.37. The van der Waals surface area contributed by atoms with Crippen molar-refractivity contribution < 1.29 is 4.48 Å². The molecule has 0 rings (SSSR count). The molecule has 0 spiro atoms. The van der Waals surface area contributed by atoms with Crippen molar-refractivity contribution in [3.8, 4) is 6.19 Å². The van der Waals surface area contributed by atoms with E-state index < -0.39 is 0 Å². The molecule has 2 nitrogen and oxygen atoms in total. The second-order valence-electron chi connectivity index (χ2n) is 2.13. The van der Waals surface area contributed by atoms with Gasteiger partial charge in [0.25, 0.3) is 0 Å². The SMILES string of the molecule is CC[N+](C)(C#N)CC. The molecule has 0 aromatic rings. The Kier molecular flexibility index (Phi) is 2.50. The molecule has 0 fully saturated rings. The van der Waals surface area contributed by atoms with E-state index >= 15 is 0 Å². The van der Waals surface area contributed by atoms with Crippen LogP contribution in [0.15, 0.2) is 0 Å². The van der Waals surface area contributed by atoms with Gasteiger partial charge in [-0.15, -0.1) is 5.26 Å². The minimum absolute atomic E-state index is 0.514. The van der Waals surface area contributed by atoms with Crippen molar-refractivity contribution in [3.63, 3.8) is 0 Å². The first-order valence-corrected chi connectivity index (χ1v) is 2.94. The van der Waals surface area contributed by atoms with Gasteiger partial charge in [-0.1, -0.05) is 0 Å². The first-order valence-electron chi connectivity index (χ1n) is 2.94. The molecule has 0 amide bonds. The molecule has 0 saturated heterocycles. The Balaban J connectivity index is 3.83. The maximum absolute atomic E-state index is 8.51. The molecule has 0 saturated carbocycles. The molecule has 0 N–H and O–H groups in total. The van der Waals surface area contributed by atoms with Crippen molar-refractivity contribution >= 4 is 0 Å². The summed E-state index contributed by atoms with van der Waals surface area (Å²) in [5.74, 6) is 0. The van der Waals surface area contributed by atoms with Crippen molar-refractivity contribution in [2.45, 2.75) is 13.8 Å². The summed E-state index contributed by atoms with van der Waals surface area (Å²) in [7, 11) is 1.93. The summed E-state index contributed by atoms with van der Waals surface area (Å²) in [6.07, 6.45) is 2.22. The van der Waals surface area contributed by atoms with Crippen LogP contribution in [0, 0.1) is 11.5 Å². The Labute approximate surface area is 50.9 Å². The molecule has 8 heavy (non-hydrogen) atoms. The van der Waals surface area contributed by atoms with Gasteiger partial charge in [0, 0.05) is 0 Å². The van der Waals surface area contributed by atoms with E-state index in [-0.39, 0.29) is 0 Å². The van der Waals surface area contributed by atoms with Gasteiger partial charge >= 0.3 is 6.19 Å². The highest BCUT2D eigenvalue weighted by Gasteiger charge is 2.13. The number of nitriles is 1. The van der Waals surface area contributed by atoms with Crippen LogP contribution < -0.4 is 0 Å². The van der Waals surface area contributed by atoms with E-state index in [1.54, 1.807) is 0 Å². The van der Waals surface area contributed by atoms with E-state index in [0.717, 1.165) is 13.1 Å². The zero-order valence-corrected chi connectivity index (χ0v) is 5.81. The Morgan fingerprint density at radius 3 is 1.75 bits per heavy atom. The molecule has 0 aliphatic heterocycles. The van der Waals surface area contributed by atoms with Gasteiger partial charge in [0.1, 0.15) is 0 Å². The van der Waals surface area contributed by atoms with E-state index in [1.807, 2.05) is 20.9 Å². The summed E-state index contributed by atoms with van der Waals surface area (Å²) in [5.41, 5.74) is 0. The standard InChI is InChI=1S/C6H13N2/c1-4-8(3,5-2)6-7/h4-5H2,1-3H3/q+1. The topological polar surface area (TPSA) is 23.8 Å². The van der Waals surface area contributed by atoms with Gasteiger partial charge < -0.3 is 0 Å². The summed E-state index contributed by atoms with van der Waals surface area (Å²) in [6.45, 7) is 5.83. The van der Waals surface area contributed by atoms with Gasteiger partial charge in [0.05, 0.1) is 20.1 Å². The van der Waals surface area contributed by atoms with E-state index in [9.17, 15) is 0 Å². The third kappa shape index (κ3) is 1.51. The molecule has 0 radical (unpaired) electrons. The van der Waals surface area contributed by atoms with Crippen molar-refractivity contribution in [2.75, 3.05) is 20.1 Å². The lowest BCUT2D eigenvalue weighted by Gasteiger charge is -2.19. The van der Waals surface area contributed by atoms with Crippen LogP contribution >= 0.6 is 0 Å². The molecule has 0 aliphatic rings. The fraction of sp³-hybridized carbons (Fsp3) is 0.833. The molecular formula is C6H13N2+. The minimum atomic E-state index is 0.514. The quantitative estimate of drug-likeness (QED) is 0.386. The molecule has 0 aliphatic carbocycles. The normalized spacial score (nSPS) is 10.8. The van der Waals surface area contributed by atoms with Crippen LogP contribution in [0.25, 0.3) is 0 Å². The number of quaternary nitrogens is 1. The van der Waals surface area contributed by atoms with Crippen molar-refractivity contribution in [3.05, 3.63) is 0 Å². The fourth-order valence-electron chi connectivity index (χ4n) is 0.365. The summed E-state index contributed by atoms with van der Waals surface area (Å²) in [6, 6.07) is 0. The van der Waals surface area contributed by atoms with E-state index in [0.29, 0.717) is 4.48 Å². The largest absolute Gasteiger partial charge is 0.308 e. The van der Waals surface area contributed by atoms with Crippen molar-refractivity contribution in [2.24, 2.45) is 0 Å². The Morgan fingerprint density at radius 1 is 1.38 bits per heavy atom. The average Bonchev–Trinajstić information content (AvgIpc) is 1.87. The molecule has 0 bridgehead atoms. The number of hydrogen-bond donors (Lipinski definition) is 0. The van der Waals surface area contributed by atoms with E-state index in [1.165, 1.54) is 0 Å². The molecule has 0 atom stereocenters. The highest BCUT2D eigenvalue weighted by atomic mass is 15.3. The van der Waals surface area contributed by atoms with Crippen LogP contribution in [-0.4, -0.2) is 24.6 Å². The first kappa shape index (κ1) is 7.45. The smallest absolute Gasteiger partial charge is 0.227 e. The highest BCUT2D eigenvalue weighted by molar-refractivity contribution is 4.50. The summed E-state index contributed by atoms with van der Waals surface area (Å²) < 4.78 is 0.514. The third-order valence-corrected chi connectivity index (χ3v) is 1.64. The molecular weight excluding hydrogens is 100 g/mol. The van der Waals surface area contributed by atoms with Crippen LogP contribution in [-0.2, 0) is 0 Å². The Morgan fingerprint density at radius 2 is 1.75 bits per heavy atom. The Hall–Kier alpha value is -0.550. The molecule has 0 unspecified atom stereocenters. The minimum Gasteiger partial charge on any atom is -0.227 e.